The van der Waals surface area contributed by atoms with Gasteiger partial charge in [-0.3, -0.25) is 4.90 Å². The summed E-state index contributed by atoms with van der Waals surface area (Å²) in [4.78, 5) is 2.47. The van der Waals surface area contributed by atoms with Gasteiger partial charge in [0, 0.05) is 19.1 Å². The third-order valence-corrected chi connectivity index (χ3v) is 4.08. The van der Waals surface area contributed by atoms with E-state index >= 15 is 0 Å². The molecule has 2 heterocycles. The summed E-state index contributed by atoms with van der Waals surface area (Å²) in [5.41, 5.74) is 1.36. The van der Waals surface area contributed by atoms with E-state index in [0.717, 1.165) is 18.9 Å². The standard InChI is InChI=1S/C14H19NO/c16-14-8-12-6-7-13(14)15(10-12)9-11-4-2-1-3-5-11/h1-5,12-14,16H,6-10H2/t12?,13?,14-/m0/s1. The summed E-state index contributed by atoms with van der Waals surface area (Å²) in [6.45, 7) is 2.18. The second-order valence-electron chi connectivity index (χ2n) is 5.23. The van der Waals surface area contributed by atoms with Gasteiger partial charge >= 0.3 is 0 Å². The number of benzene rings is 1. The predicted molar refractivity (Wildman–Crippen MR) is 64.0 cm³/mol. The molecule has 3 aliphatic rings. The number of hydrogen-bond donors (Lipinski definition) is 1. The van der Waals surface area contributed by atoms with Crippen LogP contribution in [-0.2, 0) is 6.54 Å². The SMILES string of the molecule is O[C@H]1CC2CCC1N(Cc1ccccc1)C2. The second kappa shape index (κ2) is 4.19. The van der Waals surface area contributed by atoms with Gasteiger partial charge in [0.1, 0.15) is 0 Å². The lowest BCUT2D eigenvalue weighted by molar-refractivity contribution is -0.0582. The van der Waals surface area contributed by atoms with Crippen molar-refractivity contribution in [2.45, 2.75) is 38.0 Å². The Balaban J connectivity index is 1.72. The topological polar surface area (TPSA) is 23.5 Å². The molecule has 2 bridgehead atoms. The fraction of sp³-hybridized carbons (Fsp3) is 0.571. The molecular weight excluding hydrogens is 198 g/mol. The molecule has 1 aliphatic carbocycles. The molecule has 0 spiro atoms. The molecule has 86 valence electrons. The highest BCUT2D eigenvalue weighted by Crippen LogP contribution is 2.35. The van der Waals surface area contributed by atoms with E-state index in [0.29, 0.717) is 6.04 Å². The Bertz CT molecular complexity index is 351. The lowest BCUT2D eigenvalue weighted by atomic mass is 9.78. The normalized spacial score (nSPS) is 34.2. The van der Waals surface area contributed by atoms with E-state index in [1.54, 1.807) is 0 Å². The molecule has 2 unspecified atom stereocenters. The summed E-state index contributed by atoms with van der Waals surface area (Å²) in [6, 6.07) is 11.0. The van der Waals surface area contributed by atoms with Gasteiger partial charge in [-0.05, 0) is 30.7 Å². The first kappa shape index (κ1) is 10.3. The Hall–Kier alpha value is -0.860. The molecule has 2 heteroatoms. The molecule has 0 aromatic heterocycles. The lowest BCUT2D eigenvalue weighted by Gasteiger charge is -2.48. The average molecular weight is 217 g/mol. The third-order valence-electron chi connectivity index (χ3n) is 4.08. The van der Waals surface area contributed by atoms with E-state index in [-0.39, 0.29) is 6.10 Å². The molecule has 3 atom stereocenters. The summed E-state index contributed by atoms with van der Waals surface area (Å²) >= 11 is 0. The predicted octanol–water partition coefficient (Wildman–Crippen LogP) is 2.03. The van der Waals surface area contributed by atoms with Crippen LogP contribution in [0.3, 0.4) is 0 Å². The molecule has 3 fully saturated rings. The number of piperidine rings is 2. The Morgan fingerprint density at radius 2 is 2.00 bits per heavy atom. The van der Waals surface area contributed by atoms with Crippen LogP contribution in [0.15, 0.2) is 30.3 Å². The molecule has 1 aromatic rings. The fourth-order valence-electron chi connectivity index (χ4n) is 3.27. The van der Waals surface area contributed by atoms with Gasteiger partial charge in [0.25, 0.3) is 0 Å². The van der Waals surface area contributed by atoms with Crippen molar-refractivity contribution in [2.24, 2.45) is 5.92 Å². The van der Waals surface area contributed by atoms with E-state index in [1.165, 1.54) is 24.9 Å². The number of aliphatic hydroxyl groups excluding tert-OH is 1. The number of hydrogen-bond acceptors (Lipinski definition) is 2. The van der Waals surface area contributed by atoms with Crippen molar-refractivity contribution in [1.82, 2.24) is 4.90 Å². The van der Waals surface area contributed by atoms with Crippen LogP contribution in [0.2, 0.25) is 0 Å². The molecule has 16 heavy (non-hydrogen) atoms. The van der Waals surface area contributed by atoms with Crippen molar-refractivity contribution < 1.29 is 5.11 Å². The first-order chi connectivity index (χ1) is 7.83. The van der Waals surface area contributed by atoms with Gasteiger partial charge in [-0.15, -0.1) is 0 Å². The average Bonchev–Trinajstić information content (AvgIpc) is 2.30. The number of rotatable bonds is 2. The first-order valence-corrected chi connectivity index (χ1v) is 6.29. The summed E-state index contributed by atoms with van der Waals surface area (Å²) in [7, 11) is 0. The molecule has 0 amide bonds. The monoisotopic (exact) mass is 217 g/mol. The van der Waals surface area contributed by atoms with E-state index < -0.39 is 0 Å². The number of nitrogens with zero attached hydrogens (tertiary/aromatic N) is 1. The van der Waals surface area contributed by atoms with Crippen LogP contribution in [0.4, 0.5) is 0 Å². The Kier molecular flexibility index (Phi) is 2.70. The van der Waals surface area contributed by atoms with Gasteiger partial charge in [0.05, 0.1) is 6.10 Å². The maximum Gasteiger partial charge on any atom is 0.0698 e. The molecule has 4 rings (SSSR count). The van der Waals surface area contributed by atoms with E-state index in [2.05, 4.69) is 35.2 Å². The van der Waals surface area contributed by atoms with Crippen LogP contribution in [-0.4, -0.2) is 28.7 Å². The molecular formula is C14H19NO. The van der Waals surface area contributed by atoms with Gasteiger partial charge in [-0.1, -0.05) is 30.3 Å². The van der Waals surface area contributed by atoms with Crippen LogP contribution in [0.1, 0.15) is 24.8 Å². The molecule has 1 saturated carbocycles. The van der Waals surface area contributed by atoms with Crippen LogP contribution in [0.5, 0.6) is 0 Å². The summed E-state index contributed by atoms with van der Waals surface area (Å²) in [5.74, 6) is 0.726. The van der Waals surface area contributed by atoms with Gasteiger partial charge in [-0.2, -0.15) is 0 Å². The number of fused-ring (bicyclic) bond motifs is 3. The van der Waals surface area contributed by atoms with Gasteiger partial charge in [-0.25, -0.2) is 0 Å². The summed E-state index contributed by atoms with van der Waals surface area (Å²) < 4.78 is 0. The minimum absolute atomic E-state index is 0.0868. The van der Waals surface area contributed by atoms with Crippen LogP contribution in [0.25, 0.3) is 0 Å². The van der Waals surface area contributed by atoms with E-state index in [9.17, 15) is 5.11 Å². The van der Waals surface area contributed by atoms with Crippen molar-refractivity contribution in [3.8, 4) is 0 Å². The smallest absolute Gasteiger partial charge is 0.0698 e. The molecule has 1 aromatic carbocycles. The molecule has 2 saturated heterocycles. The second-order valence-corrected chi connectivity index (χ2v) is 5.23. The van der Waals surface area contributed by atoms with Crippen molar-refractivity contribution in [3.05, 3.63) is 35.9 Å². The zero-order chi connectivity index (χ0) is 11.0. The first-order valence-electron chi connectivity index (χ1n) is 6.29. The largest absolute Gasteiger partial charge is 0.391 e. The molecule has 2 nitrogen and oxygen atoms in total. The lowest BCUT2D eigenvalue weighted by Crippen LogP contribution is -2.55. The van der Waals surface area contributed by atoms with Crippen LogP contribution in [0, 0.1) is 5.92 Å². The highest BCUT2D eigenvalue weighted by Gasteiger charge is 2.39. The van der Waals surface area contributed by atoms with E-state index in [1.807, 2.05) is 0 Å². The van der Waals surface area contributed by atoms with Crippen LogP contribution < -0.4 is 0 Å². The third kappa shape index (κ3) is 1.87. The maximum absolute atomic E-state index is 10.0. The van der Waals surface area contributed by atoms with Crippen molar-refractivity contribution in [1.29, 1.82) is 0 Å². The van der Waals surface area contributed by atoms with Gasteiger partial charge < -0.3 is 5.11 Å². The highest BCUT2D eigenvalue weighted by atomic mass is 16.3. The summed E-state index contributed by atoms with van der Waals surface area (Å²) in [5, 5.41) is 10.0. The zero-order valence-electron chi connectivity index (χ0n) is 9.55. The maximum atomic E-state index is 10.0. The Labute approximate surface area is 96.9 Å². The van der Waals surface area contributed by atoms with Gasteiger partial charge in [0.2, 0.25) is 0 Å². The molecule has 2 aliphatic heterocycles. The minimum atomic E-state index is -0.0868. The number of aliphatic hydroxyl groups is 1. The molecule has 0 radical (unpaired) electrons. The fourth-order valence-corrected chi connectivity index (χ4v) is 3.27. The quantitative estimate of drug-likeness (QED) is 0.819. The van der Waals surface area contributed by atoms with Crippen LogP contribution >= 0.6 is 0 Å². The Morgan fingerprint density at radius 1 is 1.19 bits per heavy atom. The minimum Gasteiger partial charge on any atom is -0.391 e. The highest BCUT2D eigenvalue weighted by molar-refractivity contribution is 5.15. The molecule has 1 N–H and O–H groups in total. The summed E-state index contributed by atoms with van der Waals surface area (Å²) in [6.07, 6.45) is 3.43. The van der Waals surface area contributed by atoms with Crippen molar-refractivity contribution >= 4 is 0 Å². The van der Waals surface area contributed by atoms with E-state index in [4.69, 9.17) is 0 Å². The Morgan fingerprint density at radius 3 is 2.69 bits per heavy atom. The van der Waals surface area contributed by atoms with Crippen molar-refractivity contribution in [2.75, 3.05) is 6.54 Å². The zero-order valence-corrected chi connectivity index (χ0v) is 9.55. The van der Waals surface area contributed by atoms with Crippen molar-refractivity contribution in [3.63, 3.8) is 0 Å². The van der Waals surface area contributed by atoms with Gasteiger partial charge in [0.15, 0.2) is 0 Å².